The van der Waals surface area contributed by atoms with E-state index in [9.17, 15) is 4.79 Å². The van der Waals surface area contributed by atoms with E-state index < -0.39 is 5.97 Å². The molecule has 1 atom stereocenters. The van der Waals surface area contributed by atoms with Gasteiger partial charge >= 0.3 is 5.97 Å². The summed E-state index contributed by atoms with van der Waals surface area (Å²) < 4.78 is 5.14. The van der Waals surface area contributed by atoms with E-state index in [1.165, 1.54) is 0 Å². The van der Waals surface area contributed by atoms with Crippen molar-refractivity contribution in [2.24, 2.45) is 11.7 Å². The first-order chi connectivity index (χ1) is 7.13. The predicted molar refractivity (Wildman–Crippen MR) is 57.2 cm³/mol. The van der Waals surface area contributed by atoms with Crippen LogP contribution in [0.25, 0.3) is 6.08 Å². The molecule has 0 radical (unpaired) electrons. The van der Waals surface area contributed by atoms with Crippen LogP contribution in [0.1, 0.15) is 19.1 Å². The fraction of sp³-hybridized carbons (Fsp3) is 0.364. The number of carbonyl (C=O) groups is 1. The summed E-state index contributed by atoms with van der Waals surface area (Å²) in [6.45, 7) is 2.19. The van der Waals surface area contributed by atoms with E-state index >= 15 is 0 Å². The second-order valence-electron chi connectivity index (χ2n) is 3.43. The standard InChI is InChI=1S/C11H15NO3/c1-8(5-10-3-2-4-15-10)9(7-12)6-11(13)14/h2-5,9H,6-7,12H2,1H3,(H,13,14)/b8-5+. The van der Waals surface area contributed by atoms with Crippen molar-refractivity contribution >= 4 is 12.0 Å². The molecule has 0 spiro atoms. The summed E-state index contributed by atoms with van der Waals surface area (Å²) in [6.07, 6.45) is 3.45. The maximum Gasteiger partial charge on any atom is 0.304 e. The molecule has 0 bridgehead atoms. The fourth-order valence-corrected chi connectivity index (χ4v) is 1.36. The first-order valence-electron chi connectivity index (χ1n) is 4.77. The molecule has 1 heterocycles. The molecule has 0 aliphatic heterocycles. The number of nitrogens with two attached hydrogens (primary N) is 1. The second-order valence-corrected chi connectivity index (χ2v) is 3.43. The molecule has 0 aliphatic rings. The van der Waals surface area contributed by atoms with Crippen molar-refractivity contribution in [3.8, 4) is 0 Å². The molecule has 0 aliphatic carbocycles. The van der Waals surface area contributed by atoms with Crippen molar-refractivity contribution in [1.82, 2.24) is 0 Å². The molecule has 1 aromatic rings. The monoisotopic (exact) mass is 209 g/mol. The zero-order valence-electron chi connectivity index (χ0n) is 8.64. The Bertz CT molecular complexity index is 341. The molecule has 3 N–H and O–H groups in total. The van der Waals surface area contributed by atoms with E-state index in [4.69, 9.17) is 15.3 Å². The maximum atomic E-state index is 10.6. The zero-order valence-corrected chi connectivity index (χ0v) is 8.64. The lowest BCUT2D eigenvalue weighted by Crippen LogP contribution is -2.19. The van der Waals surface area contributed by atoms with Gasteiger partial charge in [-0.25, -0.2) is 0 Å². The number of furan rings is 1. The zero-order chi connectivity index (χ0) is 11.3. The average Bonchev–Trinajstić information content (AvgIpc) is 2.66. The van der Waals surface area contributed by atoms with Gasteiger partial charge in [-0.15, -0.1) is 0 Å². The van der Waals surface area contributed by atoms with E-state index in [0.717, 1.165) is 11.3 Å². The molecule has 4 heteroatoms. The molecule has 0 fully saturated rings. The Hall–Kier alpha value is -1.55. The van der Waals surface area contributed by atoms with Crippen LogP contribution < -0.4 is 5.73 Å². The lowest BCUT2D eigenvalue weighted by atomic mass is 9.96. The Kier molecular flexibility index (Phi) is 4.12. The highest BCUT2D eigenvalue weighted by Crippen LogP contribution is 2.17. The van der Waals surface area contributed by atoms with E-state index in [-0.39, 0.29) is 12.3 Å². The van der Waals surface area contributed by atoms with Gasteiger partial charge in [-0.1, -0.05) is 5.57 Å². The summed E-state index contributed by atoms with van der Waals surface area (Å²) >= 11 is 0. The molecule has 82 valence electrons. The first kappa shape index (κ1) is 11.5. The van der Waals surface area contributed by atoms with Crippen molar-refractivity contribution in [2.75, 3.05) is 6.54 Å². The van der Waals surface area contributed by atoms with Gasteiger partial charge in [0, 0.05) is 5.92 Å². The quantitative estimate of drug-likeness (QED) is 0.774. The summed E-state index contributed by atoms with van der Waals surface area (Å²) in [5.41, 5.74) is 6.44. The molecular weight excluding hydrogens is 194 g/mol. The van der Waals surface area contributed by atoms with E-state index in [1.807, 2.05) is 19.1 Å². The fourth-order valence-electron chi connectivity index (χ4n) is 1.36. The van der Waals surface area contributed by atoms with Gasteiger partial charge in [-0.2, -0.15) is 0 Å². The van der Waals surface area contributed by atoms with Gasteiger partial charge in [0.15, 0.2) is 0 Å². The highest BCUT2D eigenvalue weighted by Gasteiger charge is 2.13. The van der Waals surface area contributed by atoms with Gasteiger partial charge in [0.2, 0.25) is 0 Å². The van der Waals surface area contributed by atoms with E-state index in [2.05, 4.69) is 0 Å². The number of hydrogen-bond acceptors (Lipinski definition) is 3. The van der Waals surface area contributed by atoms with Gasteiger partial charge in [0.05, 0.1) is 12.7 Å². The molecular formula is C11H15NO3. The Morgan fingerprint density at radius 1 is 1.73 bits per heavy atom. The van der Waals surface area contributed by atoms with Crippen molar-refractivity contribution in [3.05, 3.63) is 29.7 Å². The summed E-state index contributed by atoms with van der Waals surface area (Å²) in [4.78, 5) is 10.6. The third-order valence-corrected chi connectivity index (χ3v) is 2.26. The van der Waals surface area contributed by atoms with Gasteiger partial charge in [0.1, 0.15) is 5.76 Å². The minimum absolute atomic E-state index is 0.0551. The van der Waals surface area contributed by atoms with Crippen molar-refractivity contribution in [2.45, 2.75) is 13.3 Å². The third kappa shape index (κ3) is 3.59. The van der Waals surface area contributed by atoms with Crippen LogP contribution in [-0.4, -0.2) is 17.6 Å². The largest absolute Gasteiger partial charge is 0.481 e. The van der Waals surface area contributed by atoms with Crippen LogP contribution >= 0.6 is 0 Å². The van der Waals surface area contributed by atoms with Gasteiger partial charge in [-0.05, 0) is 31.7 Å². The SMILES string of the molecule is C/C(=C\c1ccco1)C(CN)CC(=O)O. The lowest BCUT2D eigenvalue weighted by molar-refractivity contribution is -0.137. The average molecular weight is 209 g/mol. The Morgan fingerprint density at radius 2 is 2.47 bits per heavy atom. The molecule has 1 unspecified atom stereocenters. The van der Waals surface area contributed by atoms with E-state index in [0.29, 0.717) is 6.54 Å². The van der Waals surface area contributed by atoms with E-state index in [1.54, 1.807) is 12.3 Å². The normalized spacial score (nSPS) is 13.9. The number of hydrogen-bond donors (Lipinski definition) is 2. The van der Waals surface area contributed by atoms with Crippen molar-refractivity contribution in [3.63, 3.8) is 0 Å². The Labute approximate surface area is 88.4 Å². The summed E-state index contributed by atoms with van der Waals surface area (Å²) in [5, 5.41) is 8.68. The van der Waals surface area contributed by atoms with Gasteiger partial charge in [-0.3, -0.25) is 4.79 Å². The minimum Gasteiger partial charge on any atom is -0.481 e. The summed E-state index contributed by atoms with van der Waals surface area (Å²) in [7, 11) is 0. The van der Waals surface area contributed by atoms with Crippen LogP contribution in [0.3, 0.4) is 0 Å². The molecule has 0 amide bonds. The number of carboxylic acids is 1. The third-order valence-electron chi connectivity index (χ3n) is 2.26. The first-order valence-corrected chi connectivity index (χ1v) is 4.77. The van der Waals surface area contributed by atoms with Gasteiger partial charge < -0.3 is 15.3 Å². The topological polar surface area (TPSA) is 76.5 Å². The predicted octanol–water partition coefficient (Wildman–Crippen LogP) is 1.73. The Balaban J connectivity index is 2.72. The molecule has 0 saturated carbocycles. The smallest absolute Gasteiger partial charge is 0.304 e. The highest BCUT2D eigenvalue weighted by molar-refractivity contribution is 5.68. The Morgan fingerprint density at radius 3 is 2.93 bits per heavy atom. The van der Waals surface area contributed by atoms with Crippen molar-refractivity contribution < 1.29 is 14.3 Å². The molecule has 1 aromatic heterocycles. The van der Waals surface area contributed by atoms with Crippen LogP contribution in [-0.2, 0) is 4.79 Å². The molecule has 15 heavy (non-hydrogen) atoms. The maximum absolute atomic E-state index is 10.6. The highest BCUT2D eigenvalue weighted by atomic mass is 16.4. The molecule has 1 rings (SSSR count). The molecule has 4 nitrogen and oxygen atoms in total. The number of aliphatic carboxylic acids is 1. The minimum atomic E-state index is -0.836. The summed E-state index contributed by atoms with van der Waals surface area (Å²) in [5.74, 6) is -0.249. The van der Waals surface area contributed by atoms with Crippen LogP contribution in [0.15, 0.2) is 28.4 Å². The lowest BCUT2D eigenvalue weighted by Gasteiger charge is -2.12. The molecule has 0 aromatic carbocycles. The van der Waals surface area contributed by atoms with Crippen LogP contribution in [0.5, 0.6) is 0 Å². The van der Waals surface area contributed by atoms with Crippen LogP contribution in [0.4, 0.5) is 0 Å². The summed E-state index contributed by atoms with van der Waals surface area (Å²) in [6, 6.07) is 3.60. The van der Waals surface area contributed by atoms with Crippen molar-refractivity contribution in [1.29, 1.82) is 0 Å². The van der Waals surface area contributed by atoms with Crippen LogP contribution in [0, 0.1) is 5.92 Å². The van der Waals surface area contributed by atoms with Crippen LogP contribution in [0.2, 0.25) is 0 Å². The second kappa shape index (κ2) is 5.36. The number of rotatable bonds is 5. The number of carboxylic acid groups (broad SMARTS) is 1. The molecule has 0 saturated heterocycles. The van der Waals surface area contributed by atoms with Gasteiger partial charge in [0.25, 0.3) is 0 Å².